The third kappa shape index (κ3) is 5.41. The molecule has 2 aromatic carbocycles. The topological polar surface area (TPSA) is 116 Å². The molecular formula is C20H19N3O4. The molecule has 2 aromatic rings. The molecule has 0 saturated carbocycles. The maximum atomic E-state index is 12.5. The van der Waals surface area contributed by atoms with E-state index in [2.05, 4.69) is 5.32 Å². The number of nitro groups is 1. The van der Waals surface area contributed by atoms with Gasteiger partial charge in [-0.15, -0.1) is 0 Å². The van der Waals surface area contributed by atoms with E-state index in [1.54, 1.807) is 0 Å². The van der Waals surface area contributed by atoms with Crippen LogP contribution in [0, 0.1) is 21.4 Å². The predicted molar refractivity (Wildman–Crippen MR) is 101 cm³/mol. The number of carbonyl (C=O) groups excluding carboxylic acids is 1. The first-order valence-electron chi connectivity index (χ1n) is 8.40. The average molecular weight is 365 g/mol. The molecule has 0 aliphatic heterocycles. The monoisotopic (exact) mass is 365 g/mol. The van der Waals surface area contributed by atoms with Crippen molar-refractivity contribution in [3.05, 3.63) is 75.3 Å². The summed E-state index contributed by atoms with van der Waals surface area (Å²) in [5.41, 5.74) is 0.595. The number of hydrogen-bond donors (Lipinski definition) is 2. The van der Waals surface area contributed by atoms with E-state index in [1.165, 1.54) is 18.2 Å². The third-order valence-electron chi connectivity index (χ3n) is 3.90. The van der Waals surface area contributed by atoms with Crippen LogP contribution in [0.15, 0.2) is 54.1 Å². The second-order valence-corrected chi connectivity index (χ2v) is 5.94. The Morgan fingerprint density at radius 2 is 2.04 bits per heavy atom. The summed E-state index contributed by atoms with van der Waals surface area (Å²) in [5.74, 6) is -0.896. The first kappa shape index (κ1) is 19.7. The number of nitro benzene ring substituents is 1. The molecule has 0 fully saturated rings. The van der Waals surface area contributed by atoms with E-state index in [1.807, 2.05) is 43.3 Å². The van der Waals surface area contributed by atoms with Crippen molar-refractivity contribution in [1.82, 2.24) is 5.32 Å². The molecule has 2 N–H and O–H groups in total. The summed E-state index contributed by atoms with van der Waals surface area (Å²) in [6, 6.07) is 14.4. The number of phenolic OH excluding ortho intramolecular Hbond substituents is 1. The Morgan fingerprint density at radius 3 is 2.63 bits per heavy atom. The summed E-state index contributed by atoms with van der Waals surface area (Å²) >= 11 is 0. The lowest BCUT2D eigenvalue weighted by Crippen LogP contribution is -2.29. The van der Waals surface area contributed by atoms with Crippen molar-refractivity contribution < 1.29 is 14.8 Å². The lowest BCUT2D eigenvalue weighted by Gasteiger charge is -2.18. The number of nitriles is 1. The smallest absolute Gasteiger partial charge is 0.273 e. The van der Waals surface area contributed by atoms with Crippen molar-refractivity contribution in [2.75, 3.05) is 0 Å². The third-order valence-corrected chi connectivity index (χ3v) is 3.90. The molecule has 0 radical (unpaired) electrons. The van der Waals surface area contributed by atoms with Crippen LogP contribution in [-0.4, -0.2) is 15.9 Å². The Balaban J connectivity index is 2.28. The molecule has 7 heteroatoms. The second-order valence-electron chi connectivity index (χ2n) is 5.94. The van der Waals surface area contributed by atoms with Crippen LogP contribution in [0.25, 0.3) is 6.08 Å². The van der Waals surface area contributed by atoms with Gasteiger partial charge in [-0.25, -0.2) is 0 Å². The highest BCUT2D eigenvalue weighted by atomic mass is 16.6. The summed E-state index contributed by atoms with van der Waals surface area (Å²) in [7, 11) is 0. The molecule has 0 bridgehead atoms. The largest absolute Gasteiger partial charge is 0.508 e. The Labute approximate surface area is 156 Å². The van der Waals surface area contributed by atoms with Gasteiger partial charge in [0.25, 0.3) is 11.6 Å². The molecule has 0 spiro atoms. The Morgan fingerprint density at radius 1 is 1.33 bits per heavy atom. The van der Waals surface area contributed by atoms with E-state index in [0.717, 1.165) is 18.1 Å². The summed E-state index contributed by atoms with van der Waals surface area (Å²) in [4.78, 5) is 22.8. The molecule has 0 unspecified atom stereocenters. The Bertz CT molecular complexity index is 901. The fourth-order valence-electron chi connectivity index (χ4n) is 2.65. The van der Waals surface area contributed by atoms with Gasteiger partial charge in [0.05, 0.1) is 17.0 Å². The maximum absolute atomic E-state index is 12.5. The molecule has 0 aliphatic rings. The highest BCUT2D eigenvalue weighted by molar-refractivity contribution is 6.02. The van der Waals surface area contributed by atoms with Gasteiger partial charge in [0.15, 0.2) is 0 Å². The van der Waals surface area contributed by atoms with Crippen LogP contribution in [-0.2, 0) is 4.79 Å². The van der Waals surface area contributed by atoms with Gasteiger partial charge in [0.1, 0.15) is 17.4 Å². The van der Waals surface area contributed by atoms with E-state index < -0.39 is 10.8 Å². The summed E-state index contributed by atoms with van der Waals surface area (Å²) in [6.07, 6.45) is 2.76. The van der Waals surface area contributed by atoms with E-state index >= 15 is 0 Å². The van der Waals surface area contributed by atoms with Crippen molar-refractivity contribution in [1.29, 1.82) is 5.26 Å². The van der Waals surface area contributed by atoms with E-state index in [9.17, 15) is 25.3 Å². The lowest BCUT2D eigenvalue weighted by molar-refractivity contribution is -0.384. The minimum absolute atomic E-state index is 0.195. The summed E-state index contributed by atoms with van der Waals surface area (Å²) in [5, 5.41) is 32.7. The number of rotatable bonds is 7. The number of amides is 1. The van der Waals surface area contributed by atoms with Crippen LogP contribution in [0.2, 0.25) is 0 Å². The quantitative estimate of drug-likeness (QED) is 0.334. The standard InChI is InChI=1S/C20H19N3O4/c1-2-6-19(15-7-4-3-5-8-15)22-20(25)16(13-21)9-14-10-17(23(26)27)12-18(24)11-14/h3-5,7-12,19,24H,2,6H2,1H3,(H,22,25)/t19-/m0/s1. The Kier molecular flexibility index (Phi) is 6.67. The first-order chi connectivity index (χ1) is 12.9. The molecule has 138 valence electrons. The fourth-order valence-corrected chi connectivity index (χ4v) is 2.65. The molecule has 27 heavy (non-hydrogen) atoms. The van der Waals surface area contributed by atoms with Gasteiger partial charge >= 0.3 is 0 Å². The van der Waals surface area contributed by atoms with Crippen LogP contribution >= 0.6 is 0 Å². The maximum Gasteiger partial charge on any atom is 0.273 e. The van der Waals surface area contributed by atoms with Gasteiger partial charge in [-0.05, 0) is 29.7 Å². The molecule has 0 heterocycles. The minimum Gasteiger partial charge on any atom is -0.508 e. The SMILES string of the molecule is CCC[C@H](NC(=O)C(C#N)=Cc1cc(O)cc([N+](=O)[O-])c1)c1ccccc1. The van der Waals surface area contributed by atoms with Gasteiger partial charge in [-0.2, -0.15) is 5.26 Å². The number of aromatic hydroxyl groups is 1. The molecule has 0 aliphatic carbocycles. The number of nitrogens with zero attached hydrogens (tertiary/aromatic N) is 2. The number of hydrogen-bond acceptors (Lipinski definition) is 5. The lowest BCUT2D eigenvalue weighted by atomic mass is 10.0. The molecule has 2 rings (SSSR count). The summed E-state index contributed by atoms with van der Waals surface area (Å²) < 4.78 is 0. The van der Waals surface area contributed by atoms with Crippen molar-refractivity contribution in [3.63, 3.8) is 0 Å². The molecule has 1 atom stereocenters. The second kappa shape index (κ2) is 9.15. The van der Waals surface area contributed by atoms with Gasteiger partial charge in [-0.3, -0.25) is 14.9 Å². The van der Waals surface area contributed by atoms with Crippen LogP contribution in [0.1, 0.15) is 36.9 Å². The first-order valence-corrected chi connectivity index (χ1v) is 8.40. The minimum atomic E-state index is -0.657. The average Bonchev–Trinajstić information content (AvgIpc) is 2.65. The van der Waals surface area contributed by atoms with E-state index in [-0.39, 0.29) is 28.6 Å². The summed E-state index contributed by atoms with van der Waals surface area (Å²) in [6.45, 7) is 2.00. The fraction of sp³-hybridized carbons (Fsp3) is 0.200. The van der Waals surface area contributed by atoms with E-state index in [4.69, 9.17) is 0 Å². The molecular weight excluding hydrogens is 346 g/mol. The zero-order chi connectivity index (χ0) is 19.8. The van der Waals surface area contributed by atoms with Crippen LogP contribution in [0.3, 0.4) is 0 Å². The van der Waals surface area contributed by atoms with Crippen LogP contribution in [0.5, 0.6) is 5.75 Å². The highest BCUT2D eigenvalue weighted by Gasteiger charge is 2.17. The predicted octanol–water partition coefficient (Wildman–Crippen LogP) is 3.86. The van der Waals surface area contributed by atoms with Gasteiger partial charge in [0, 0.05) is 6.07 Å². The van der Waals surface area contributed by atoms with Crippen molar-refractivity contribution >= 4 is 17.7 Å². The molecule has 7 nitrogen and oxygen atoms in total. The van der Waals surface area contributed by atoms with Crippen LogP contribution < -0.4 is 5.32 Å². The molecule has 0 aromatic heterocycles. The van der Waals surface area contributed by atoms with Crippen molar-refractivity contribution in [3.8, 4) is 11.8 Å². The van der Waals surface area contributed by atoms with Crippen molar-refractivity contribution in [2.24, 2.45) is 0 Å². The molecule has 0 saturated heterocycles. The van der Waals surface area contributed by atoms with Crippen LogP contribution in [0.4, 0.5) is 5.69 Å². The van der Waals surface area contributed by atoms with Gasteiger partial charge in [-0.1, -0.05) is 43.7 Å². The Hall–Kier alpha value is -3.66. The zero-order valence-corrected chi connectivity index (χ0v) is 14.8. The number of non-ortho nitro benzene ring substituents is 1. The zero-order valence-electron chi connectivity index (χ0n) is 14.8. The van der Waals surface area contributed by atoms with Gasteiger partial charge in [0.2, 0.25) is 0 Å². The molecule has 1 amide bonds. The number of benzene rings is 2. The van der Waals surface area contributed by atoms with Gasteiger partial charge < -0.3 is 10.4 Å². The number of carbonyl (C=O) groups is 1. The number of phenols is 1. The van der Waals surface area contributed by atoms with E-state index in [0.29, 0.717) is 6.42 Å². The van der Waals surface area contributed by atoms with Crippen molar-refractivity contribution in [2.45, 2.75) is 25.8 Å². The number of nitrogens with one attached hydrogen (secondary N) is 1. The normalized spacial score (nSPS) is 12.1. The highest BCUT2D eigenvalue weighted by Crippen LogP contribution is 2.24.